The van der Waals surface area contributed by atoms with Gasteiger partial charge in [-0.25, -0.2) is 0 Å². The molecule has 1 fully saturated rings. The average molecular weight is 234 g/mol. The van der Waals surface area contributed by atoms with Crippen LogP contribution < -0.4 is 0 Å². The lowest BCUT2D eigenvalue weighted by atomic mass is 9.74. The van der Waals surface area contributed by atoms with Gasteiger partial charge in [-0.3, -0.25) is 0 Å². The summed E-state index contributed by atoms with van der Waals surface area (Å²) in [5.74, 6) is 2.53. The van der Waals surface area contributed by atoms with Crippen molar-refractivity contribution in [3.63, 3.8) is 0 Å². The average Bonchev–Trinajstić information content (AvgIpc) is 2.30. The third-order valence-corrected chi connectivity index (χ3v) is 3.99. The Bertz CT molecular complexity index is 301. The summed E-state index contributed by atoms with van der Waals surface area (Å²) < 4.78 is 0. The lowest BCUT2D eigenvalue weighted by Gasteiger charge is -2.31. The highest BCUT2D eigenvalue weighted by atomic mass is 16.3. The van der Waals surface area contributed by atoms with E-state index in [1.165, 1.54) is 31.3 Å². The van der Waals surface area contributed by atoms with Gasteiger partial charge in [0.1, 0.15) is 5.76 Å². The maximum Gasteiger partial charge on any atom is 0.108 e. The quantitative estimate of drug-likeness (QED) is 0.534. The molecule has 0 bridgehead atoms. The smallest absolute Gasteiger partial charge is 0.108 e. The molecule has 0 saturated heterocycles. The van der Waals surface area contributed by atoms with E-state index < -0.39 is 0 Å². The van der Waals surface area contributed by atoms with Crippen LogP contribution in [0.3, 0.4) is 0 Å². The van der Waals surface area contributed by atoms with Crippen molar-refractivity contribution < 1.29 is 5.11 Å². The maximum absolute atomic E-state index is 9.10. The van der Waals surface area contributed by atoms with E-state index in [4.69, 9.17) is 5.11 Å². The van der Waals surface area contributed by atoms with Gasteiger partial charge in [-0.15, -0.1) is 0 Å². The Balaban J connectivity index is 2.54. The first-order valence-electron chi connectivity index (χ1n) is 6.76. The third-order valence-electron chi connectivity index (χ3n) is 3.99. The highest BCUT2D eigenvalue weighted by Crippen LogP contribution is 2.36. The van der Waals surface area contributed by atoms with Crippen molar-refractivity contribution in [1.29, 1.82) is 0 Å². The van der Waals surface area contributed by atoms with Gasteiger partial charge in [0, 0.05) is 0 Å². The van der Waals surface area contributed by atoms with Crippen molar-refractivity contribution in [2.24, 2.45) is 17.8 Å². The zero-order valence-corrected chi connectivity index (χ0v) is 11.4. The van der Waals surface area contributed by atoms with Gasteiger partial charge in [0.05, 0.1) is 0 Å². The molecule has 1 saturated carbocycles. The zero-order chi connectivity index (χ0) is 12.8. The Labute approximate surface area is 106 Å². The number of allylic oxidation sites excluding steroid dienone is 4. The molecule has 0 aliphatic heterocycles. The van der Waals surface area contributed by atoms with Crippen LogP contribution in [0.2, 0.25) is 0 Å². The summed E-state index contributed by atoms with van der Waals surface area (Å²) in [6.07, 6.45) is 11.1. The van der Waals surface area contributed by atoms with Crippen LogP contribution in [0.15, 0.2) is 36.1 Å². The van der Waals surface area contributed by atoms with Gasteiger partial charge < -0.3 is 5.11 Å². The van der Waals surface area contributed by atoms with Crippen molar-refractivity contribution in [2.45, 2.75) is 46.5 Å². The first kappa shape index (κ1) is 14.1. The fourth-order valence-corrected chi connectivity index (χ4v) is 2.78. The van der Waals surface area contributed by atoms with Crippen LogP contribution >= 0.6 is 0 Å². The second-order valence-corrected chi connectivity index (χ2v) is 5.47. The zero-order valence-electron chi connectivity index (χ0n) is 11.4. The van der Waals surface area contributed by atoms with Gasteiger partial charge in [0.25, 0.3) is 0 Å². The molecule has 0 aromatic heterocycles. The SMILES string of the molecule is C=C(O)/C=C\C(=C/C)C1CCC(C(C)C)CC1. The molecule has 1 N–H and O–H groups in total. The number of aliphatic hydroxyl groups is 1. The molecule has 1 rings (SSSR count). The van der Waals surface area contributed by atoms with Crippen LogP contribution in [0.1, 0.15) is 46.5 Å². The van der Waals surface area contributed by atoms with Crippen LogP contribution in [0.25, 0.3) is 0 Å². The molecule has 1 aliphatic carbocycles. The molecule has 1 nitrogen and oxygen atoms in total. The Morgan fingerprint density at radius 3 is 2.18 bits per heavy atom. The summed E-state index contributed by atoms with van der Waals surface area (Å²) in [5, 5.41) is 9.10. The second kappa shape index (κ2) is 6.68. The Kier molecular flexibility index (Phi) is 5.54. The predicted octanol–water partition coefficient (Wildman–Crippen LogP) is 5.02. The molecule has 0 amide bonds. The molecule has 1 aliphatic rings. The molecule has 0 spiro atoms. The molecule has 0 aromatic rings. The van der Waals surface area contributed by atoms with Crippen molar-refractivity contribution in [2.75, 3.05) is 0 Å². The van der Waals surface area contributed by atoms with Gasteiger partial charge in [-0.2, -0.15) is 0 Å². The minimum Gasteiger partial charge on any atom is -0.509 e. The standard InChI is InChI=1S/C16H26O/c1-5-14(7-6-13(4)17)16-10-8-15(9-11-16)12(2)3/h5-7,12,15-17H,4,8-11H2,1-3H3/b7-6-,14-5+. The lowest BCUT2D eigenvalue weighted by molar-refractivity contribution is 0.244. The van der Waals surface area contributed by atoms with E-state index in [1.54, 1.807) is 6.08 Å². The Morgan fingerprint density at radius 1 is 1.18 bits per heavy atom. The minimum absolute atomic E-state index is 0.139. The second-order valence-electron chi connectivity index (χ2n) is 5.47. The summed E-state index contributed by atoms with van der Waals surface area (Å²) in [7, 11) is 0. The van der Waals surface area contributed by atoms with Crippen molar-refractivity contribution in [3.05, 3.63) is 36.1 Å². The van der Waals surface area contributed by atoms with Crippen LogP contribution in [-0.2, 0) is 0 Å². The molecule has 0 unspecified atom stereocenters. The molecular formula is C16H26O. The number of aliphatic hydroxyl groups excluding tert-OH is 1. The fraction of sp³-hybridized carbons (Fsp3) is 0.625. The van der Waals surface area contributed by atoms with Crippen LogP contribution in [-0.4, -0.2) is 5.11 Å². The van der Waals surface area contributed by atoms with Gasteiger partial charge >= 0.3 is 0 Å². The molecular weight excluding hydrogens is 208 g/mol. The highest BCUT2D eigenvalue weighted by Gasteiger charge is 2.24. The first-order chi connectivity index (χ1) is 8.04. The maximum atomic E-state index is 9.10. The molecule has 0 radical (unpaired) electrons. The number of rotatable bonds is 4. The Morgan fingerprint density at radius 2 is 1.76 bits per heavy atom. The highest BCUT2D eigenvalue weighted by molar-refractivity contribution is 5.25. The van der Waals surface area contributed by atoms with E-state index in [-0.39, 0.29) is 5.76 Å². The van der Waals surface area contributed by atoms with Crippen molar-refractivity contribution in [3.8, 4) is 0 Å². The summed E-state index contributed by atoms with van der Waals surface area (Å²) >= 11 is 0. The van der Waals surface area contributed by atoms with E-state index in [1.807, 2.05) is 6.08 Å². The number of hydrogen-bond acceptors (Lipinski definition) is 1. The minimum atomic E-state index is 0.139. The topological polar surface area (TPSA) is 20.2 Å². The lowest BCUT2D eigenvalue weighted by Crippen LogP contribution is -2.19. The fourth-order valence-electron chi connectivity index (χ4n) is 2.78. The summed E-state index contributed by atoms with van der Waals surface area (Å²) in [4.78, 5) is 0. The summed E-state index contributed by atoms with van der Waals surface area (Å²) in [5.41, 5.74) is 1.35. The van der Waals surface area contributed by atoms with Crippen molar-refractivity contribution >= 4 is 0 Å². The van der Waals surface area contributed by atoms with E-state index >= 15 is 0 Å². The first-order valence-corrected chi connectivity index (χ1v) is 6.76. The van der Waals surface area contributed by atoms with Crippen LogP contribution in [0.5, 0.6) is 0 Å². The van der Waals surface area contributed by atoms with E-state index in [2.05, 4.69) is 33.4 Å². The van der Waals surface area contributed by atoms with Gasteiger partial charge in [0.2, 0.25) is 0 Å². The van der Waals surface area contributed by atoms with E-state index in [0.717, 1.165) is 11.8 Å². The largest absolute Gasteiger partial charge is 0.509 e. The predicted molar refractivity (Wildman–Crippen MR) is 75.0 cm³/mol. The van der Waals surface area contributed by atoms with Crippen molar-refractivity contribution in [1.82, 2.24) is 0 Å². The van der Waals surface area contributed by atoms with Crippen LogP contribution in [0, 0.1) is 17.8 Å². The van der Waals surface area contributed by atoms with Gasteiger partial charge in [-0.05, 0) is 62.0 Å². The molecule has 1 heteroatoms. The monoisotopic (exact) mass is 234 g/mol. The molecule has 17 heavy (non-hydrogen) atoms. The summed E-state index contributed by atoms with van der Waals surface area (Å²) in [6, 6.07) is 0. The molecule has 0 aromatic carbocycles. The van der Waals surface area contributed by atoms with E-state index in [0.29, 0.717) is 5.92 Å². The molecule has 0 heterocycles. The van der Waals surface area contributed by atoms with Crippen LogP contribution in [0.4, 0.5) is 0 Å². The number of hydrogen-bond donors (Lipinski definition) is 1. The van der Waals surface area contributed by atoms with E-state index in [9.17, 15) is 0 Å². The molecule has 96 valence electrons. The normalized spacial score (nSPS) is 26.7. The Hall–Kier alpha value is -0.980. The third kappa shape index (κ3) is 4.41. The van der Waals surface area contributed by atoms with Gasteiger partial charge in [-0.1, -0.05) is 32.6 Å². The van der Waals surface area contributed by atoms with Gasteiger partial charge in [0.15, 0.2) is 0 Å². The molecule has 0 atom stereocenters. The summed E-state index contributed by atoms with van der Waals surface area (Å²) in [6.45, 7) is 10.2.